The second kappa shape index (κ2) is 15.5. The lowest BCUT2D eigenvalue weighted by Crippen LogP contribution is -2.48. The van der Waals surface area contributed by atoms with Gasteiger partial charge in [-0.25, -0.2) is 9.59 Å². The molecule has 0 aromatic carbocycles. The number of piperidine rings is 1. The molecule has 0 atom stereocenters. The molecular formula is C25H35F6N3O6. The Hall–Kier alpha value is -2.49. The third kappa shape index (κ3) is 12.4. The quantitative estimate of drug-likeness (QED) is 0.510. The van der Waals surface area contributed by atoms with E-state index in [4.69, 9.17) is 29.3 Å². The van der Waals surface area contributed by atoms with Crippen molar-refractivity contribution in [2.75, 3.05) is 59.2 Å². The third-order valence-electron chi connectivity index (χ3n) is 6.93. The predicted octanol–water partition coefficient (Wildman–Crippen LogP) is 3.69. The number of aliphatic carboxylic acids is 2. The Morgan fingerprint density at radius 3 is 1.90 bits per heavy atom. The Labute approximate surface area is 228 Å². The second-order valence-electron chi connectivity index (χ2n) is 10.1. The Morgan fingerprint density at radius 2 is 1.40 bits per heavy atom. The van der Waals surface area contributed by atoms with Gasteiger partial charge in [0.15, 0.2) is 0 Å². The van der Waals surface area contributed by atoms with E-state index in [2.05, 4.69) is 26.9 Å². The molecule has 3 fully saturated rings. The van der Waals surface area contributed by atoms with Crippen molar-refractivity contribution in [3.05, 3.63) is 30.1 Å². The van der Waals surface area contributed by atoms with Gasteiger partial charge in [0.05, 0.1) is 13.2 Å². The molecule has 0 radical (unpaired) electrons. The number of carboxylic acid groups (broad SMARTS) is 2. The molecular weight excluding hydrogens is 552 g/mol. The number of alkyl halides is 6. The summed E-state index contributed by atoms with van der Waals surface area (Å²) in [5, 5.41) is 14.2. The van der Waals surface area contributed by atoms with Gasteiger partial charge in [0, 0.05) is 57.2 Å². The number of hydrogen-bond acceptors (Lipinski definition) is 7. The molecule has 15 heteroatoms. The van der Waals surface area contributed by atoms with Crippen molar-refractivity contribution in [1.82, 2.24) is 14.8 Å². The standard InChI is InChI=1S/C21H33N3O2.2C2HF3O2/c1-7-22-8-2-19(1)16-24-11-14-26-18-21(17-24)5-9-23(10-6-21)15-20-3-12-25-13-4-20;2*3-2(4,5)1(6)7/h1-2,7-8,20H,3-6,9-18H2;2*(H,6,7). The Balaban J connectivity index is 0.000000333. The summed E-state index contributed by atoms with van der Waals surface area (Å²) in [5.74, 6) is -4.67. The molecule has 4 heterocycles. The maximum Gasteiger partial charge on any atom is 0.490 e. The predicted molar refractivity (Wildman–Crippen MR) is 129 cm³/mol. The lowest BCUT2D eigenvalue weighted by Gasteiger charge is -2.43. The summed E-state index contributed by atoms with van der Waals surface area (Å²) in [4.78, 5) is 27.2. The van der Waals surface area contributed by atoms with E-state index in [1.54, 1.807) is 0 Å². The van der Waals surface area contributed by atoms with Crippen LogP contribution in [0.5, 0.6) is 0 Å². The van der Waals surface area contributed by atoms with E-state index >= 15 is 0 Å². The van der Waals surface area contributed by atoms with Gasteiger partial charge in [-0.15, -0.1) is 0 Å². The van der Waals surface area contributed by atoms with Crippen molar-refractivity contribution in [3.63, 3.8) is 0 Å². The van der Waals surface area contributed by atoms with Gasteiger partial charge in [-0.1, -0.05) is 0 Å². The summed E-state index contributed by atoms with van der Waals surface area (Å²) in [7, 11) is 0. The summed E-state index contributed by atoms with van der Waals surface area (Å²) < 4.78 is 75.0. The second-order valence-corrected chi connectivity index (χ2v) is 10.1. The molecule has 9 nitrogen and oxygen atoms in total. The Kier molecular flexibility index (Phi) is 13.1. The normalized spacial score (nSPS) is 20.9. The summed E-state index contributed by atoms with van der Waals surface area (Å²) in [6.45, 7) is 10.6. The van der Waals surface area contributed by atoms with Gasteiger partial charge in [0.25, 0.3) is 0 Å². The van der Waals surface area contributed by atoms with Crippen LogP contribution in [0.4, 0.5) is 26.3 Å². The number of carboxylic acids is 2. The van der Waals surface area contributed by atoms with Crippen LogP contribution < -0.4 is 0 Å². The Morgan fingerprint density at radius 1 is 0.875 bits per heavy atom. The first kappa shape index (κ1) is 33.7. The number of rotatable bonds is 4. The van der Waals surface area contributed by atoms with Gasteiger partial charge >= 0.3 is 24.3 Å². The molecule has 40 heavy (non-hydrogen) atoms. The van der Waals surface area contributed by atoms with E-state index in [-0.39, 0.29) is 0 Å². The fourth-order valence-corrected chi connectivity index (χ4v) is 4.77. The molecule has 0 aliphatic carbocycles. The van der Waals surface area contributed by atoms with Crippen LogP contribution in [0, 0.1) is 11.3 Å². The number of pyridine rings is 1. The molecule has 228 valence electrons. The van der Waals surface area contributed by atoms with Crippen LogP contribution in [0.3, 0.4) is 0 Å². The largest absolute Gasteiger partial charge is 0.490 e. The van der Waals surface area contributed by atoms with Gasteiger partial charge in [-0.05, 0) is 62.4 Å². The van der Waals surface area contributed by atoms with Crippen LogP contribution in [0.2, 0.25) is 0 Å². The van der Waals surface area contributed by atoms with E-state index in [9.17, 15) is 26.3 Å². The minimum Gasteiger partial charge on any atom is -0.475 e. The van der Waals surface area contributed by atoms with Crippen LogP contribution >= 0.6 is 0 Å². The van der Waals surface area contributed by atoms with Crippen molar-refractivity contribution >= 4 is 11.9 Å². The summed E-state index contributed by atoms with van der Waals surface area (Å²) in [6.07, 6.45) is -1.36. The van der Waals surface area contributed by atoms with Crippen LogP contribution in [0.25, 0.3) is 0 Å². The van der Waals surface area contributed by atoms with Crippen LogP contribution in [0.15, 0.2) is 24.5 Å². The summed E-state index contributed by atoms with van der Waals surface area (Å²) in [6, 6.07) is 4.27. The number of likely N-dealkylation sites (tertiary alicyclic amines) is 1. The number of ether oxygens (including phenoxy) is 2. The minimum absolute atomic E-state index is 0.343. The van der Waals surface area contributed by atoms with E-state index < -0.39 is 24.3 Å². The van der Waals surface area contributed by atoms with Crippen molar-refractivity contribution in [3.8, 4) is 0 Å². The molecule has 0 unspecified atom stereocenters. The molecule has 3 aliphatic heterocycles. The fourth-order valence-electron chi connectivity index (χ4n) is 4.77. The average Bonchev–Trinajstić information content (AvgIpc) is 3.08. The maximum absolute atomic E-state index is 10.6. The lowest BCUT2D eigenvalue weighted by molar-refractivity contribution is -0.193. The zero-order chi connectivity index (χ0) is 29.8. The number of carbonyl (C=O) groups is 2. The number of hydrogen-bond donors (Lipinski definition) is 2. The molecule has 2 N–H and O–H groups in total. The van der Waals surface area contributed by atoms with Crippen molar-refractivity contribution in [1.29, 1.82) is 0 Å². The highest BCUT2D eigenvalue weighted by molar-refractivity contribution is 5.73. The van der Waals surface area contributed by atoms with Gasteiger partial charge in [0.1, 0.15) is 0 Å². The smallest absolute Gasteiger partial charge is 0.475 e. The van der Waals surface area contributed by atoms with Crippen molar-refractivity contribution in [2.45, 2.75) is 44.6 Å². The third-order valence-corrected chi connectivity index (χ3v) is 6.93. The minimum atomic E-state index is -5.08. The van der Waals surface area contributed by atoms with Crippen LogP contribution in [0.1, 0.15) is 31.2 Å². The van der Waals surface area contributed by atoms with E-state index in [0.717, 1.165) is 45.4 Å². The monoisotopic (exact) mass is 587 g/mol. The zero-order valence-corrected chi connectivity index (χ0v) is 21.9. The zero-order valence-electron chi connectivity index (χ0n) is 21.9. The molecule has 3 saturated heterocycles. The first-order valence-corrected chi connectivity index (χ1v) is 12.8. The molecule has 3 aliphatic rings. The molecule has 1 aromatic rings. The SMILES string of the molecule is O=C(O)C(F)(F)F.O=C(O)C(F)(F)F.c1cc(CN2CCOCC3(CCN(CC4CCOCC4)CC3)C2)ccn1. The van der Waals surface area contributed by atoms with Gasteiger partial charge < -0.3 is 24.6 Å². The number of halogens is 6. The van der Waals surface area contributed by atoms with Crippen molar-refractivity contribution in [2.24, 2.45) is 11.3 Å². The summed E-state index contributed by atoms with van der Waals surface area (Å²) >= 11 is 0. The Bertz CT molecular complexity index is 881. The maximum atomic E-state index is 10.6. The molecule has 0 bridgehead atoms. The fraction of sp³-hybridized carbons (Fsp3) is 0.720. The van der Waals surface area contributed by atoms with Gasteiger partial charge in [-0.2, -0.15) is 26.3 Å². The average molecular weight is 588 g/mol. The first-order chi connectivity index (χ1) is 18.7. The van der Waals surface area contributed by atoms with E-state index in [0.29, 0.717) is 5.41 Å². The van der Waals surface area contributed by atoms with E-state index in [1.165, 1.54) is 57.4 Å². The van der Waals surface area contributed by atoms with Crippen molar-refractivity contribution < 1.29 is 55.6 Å². The van der Waals surface area contributed by atoms with Crippen LogP contribution in [-0.4, -0.2) is 108 Å². The summed E-state index contributed by atoms with van der Waals surface area (Å²) in [5.41, 5.74) is 1.70. The van der Waals surface area contributed by atoms with Crippen LogP contribution in [-0.2, 0) is 25.6 Å². The number of aromatic nitrogens is 1. The molecule has 0 amide bonds. The lowest BCUT2D eigenvalue weighted by atomic mass is 9.78. The molecule has 0 saturated carbocycles. The van der Waals surface area contributed by atoms with E-state index in [1.807, 2.05) is 12.4 Å². The number of nitrogens with zero attached hydrogens (tertiary/aromatic N) is 3. The molecule has 4 rings (SSSR count). The molecule has 1 spiro atoms. The highest BCUT2D eigenvalue weighted by atomic mass is 19.4. The van der Waals surface area contributed by atoms with Gasteiger partial charge in [0.2, 0.25) is 0 Å². The molecule has 1 aromatic heterocycles. The highest BCUT2D eigenvalue weighted by Gasteiger charge is 2.39. The highest BCUT2D eigenvalue weighted by Crippen LogP contribution is 2.35. The van der Waals surface area contributed by atoms with Gasteiger partial charge in [-0.3, -0.25) is 9.88 Å². The first-order valence-electron chi connectivity index (χ1n) is 12.8. The topological polar surface area (TPSA) is 112 Å².